The summed E-state index contributed by atoms with van der Waals surface area (Å²) in [6.45, 7) is 6.09. The monoisotopic (exact) mass is 297 g/mol. The largest absolute Gasteiger partial charge is 0.496 e. The molecule has 0 unspecified atom stereocenters. The first-order valence-electron chi connectivity index (χ1n) is 7.86. The van der Waals surface area contributed by atoms with Crippen LogP contribution in [0.5, 0.6) is 5.75 Å². The van der Waals surface area contributed by atoms with E-state index >= 15 is 0 Å². The Morgan fingerprint density at radius 1 is 1.18 bits per heavy atom. The number of ether oxygens (including phenoxy) is 1. The maximum atomic E-state index is 13.0. The molecule has 1 fully saturated rings. The third kappa shape index (κ3) is 2.80. The maximum absolute atomic E-state index is 13.0. The molecular formula is C19H23NO2. The molecule has 0 N–H and O–H groups in total. The van der Waals surface area contributed by atoms with E-state index in [1.165, 1.54) is 6.42 Å². The molecule has 3 heteroatoms. The second kappa shape index (κ2) is 5.64. The zero-order chi connectivity index (χ0) is 15.7. The number of piperidine rings is 1. The molecule has 0 saturated carbocycles. The van der Waals surface area contributed by atoms with Gasteiger partial charge in [0.15, 0.2) is 0 Å². The van der Waals surface area contributed by atoms with E-state index in [1.54, 1.807) is 7.11 Å². The average Bonchev–Trinajstić information content (AvgIpc) is 2.52. The van der Waals surface area contributed by atoms with E-state index < -0.39 is 0 Å². The van der Waals surface area contributed by atoms with Gasteiger partial charge in [0.25, 0.3) is 5.91 Å². The van der Waals surface area contributed by atoms with E-state index in [-0.39, 0.29) is 11.3 Å². The number of rotatable bonds is 2. The number of carbonyl (C=O) groups is 1. The fourth-order valence-corrected chi connectivity index (χ4v) is 3.32. The molecule has 0 aliphatic carbocycles. The average molecular weight is 297 g/mol. The Hall–Kier alpha value is -2.03. The molecule has 0 aromatic heterocycles. The maximum Gasteiger partial charge on any atom is 0.257 e. The minimum absolute atomic E-state index is 0.0791. The highest BCUT2D eigenvalue weighted by molar-refractivity contribution is 6.01. The van der Waals surface area contributed by atoms with Crippen LogP contribution in [0.4, 0.5) is 0 Å². The molecule has 0 radical (unpaired) electrons. The quantitative estimate of drug-likeness (QED) is 0.835. The molecule has 1 saturated heterocycles. The van der Waals surface area contributed by atoms with Gasteiger partial charge in [-0.15, -0.1) is 0 Å². The SMILES string of the molecule is COc1cc2ccccc2cc1C(=O)N1CCCC(C)(C)C1. The summed E-state index contributed by atoms with van der Waals surface area (Å²) in [6.07, 6.45) is 2.24. The molecular weight excluding hydrogens is 274 g/mol. The lowest BCUT2D eigenvalue weighted by Crippen LogP contribution is -2.43. The number of methoxy groups -OCH3 is 1. The van der Waals surface area contributed by atoms with Gasteiger partial charge in [-0.2, -0.15) is 0 Å². The van der Waals surface area contributed by atoms with E-state index in [0.29, 0.717) is 11.3 Å². The highest BCUT2D eigenvalue weighted by Gasteiger charge is 2.30. The number of likely N-dealkylation sites (tertiary alicyclic amines) is 1. The number of amides is 1. The van der Waals surface area contributed by atoms with Crippen molar-refractivity contribution in [1.29, 1.82) is 0 Å². The van der Waals surface area contributed by atoms with E-state index in [4.69, 9.17) is 4.74 Å². The molecule has 3 nitrogen and oxygen atoms in total. The van der Waals surface area contributed by atoms with Crippen molar-refractivity contribution >= 4 is 16.7 Å². The van der Waals surface area contributed by atoms with Crippen molar-refractivity contribution in [2.75, 3.05) is 20.2 Å². The van der Waals surface area contributed by atoms with E-state index in [1.807, 2.05) is 41.3 Å². The van der Waals surface area contributed by atoms with E-state index in [9.17, 15) is 4.79 Å². The molecule has 0 spiro atoms. The zero-order valence-corrected chi connectivity index (χ0v) is 13.6. The fourth-order valence-electron chi connectivity index (χ4n) is 3.32. The molecule has 2 aromatic carbocycles. The summed E-state index contributed by atoms with van der Waals surface area (Å²) in [5, 5.41) is 2.16. The second-order valence-corrected chi connectivity index (χ2v) is 6.89. The van der Waals surface area contributed by atoms with Gasteiger partial charge in [-0.3, -0.25) is 4.79 Å². The zero-order valence-electron chi connectivity index (χ0n) is 13.6. The summed E-state index contributed by atoms with van der Waals surface area (Å²) in [7, 11) is 1.63. The summed E-state index contributed by atoms with van der Waals surface area (Å²) >= 11 is 0. The van der Waals surface area contributed by atoms with E-state index in [0.717, 1.165) is 30.3 Å². The number of benzene rings is 2. The molecule has 0 bridgehead atoms. The first-order valence-corrected chi connectivity index (χ1v) is 7.86. The summed E-state index contributed by atoms with van der Waals surface area (Å²) in [4.78, 5) is 14.9. The van der Waals surface area contributed by atoms with Crippen LogP contribution in [0.25, 0.3) is 10.8 Å². The normalized spacial score (nSPS) is 17.5. The predicted molar refractivity (Wildman–Crippen MR) is 89.4 cm³/mol. The standard InChI is InChI=1S/C19H23NO2/c1-19(2)9-6-10-20(13-19)18(21)16-11-14-7-4-5-8-15(14)12-17(16)22-3/h4-5,7-8,11-12H,6,9-10,13H2,1-3H3. The van der Waals surface area contributed by atoms with Gasteiger partial charge < -0.3 is 9.64 Å². The fraction of sp³-hybridized carbons (Fsp3) is 0.421. The van der Waals surface area contributed by atoms with Crippen molar-refractivity contribution < 1.29 is 9.53 Å². The lowest BCUT2D eigenvalue weighted by molar-refractivity contribution is 0.0580. The molecule has 3 rings (SSSR count). The lowest BCUT2D eigenvalue weighted by atomic mass is 9.84. The van der Waals surface area contributed by atoms with Gasteiger partial charge in [-0.05, 0) is 41.2 Å². The first-order chi connectivity index (χ1) is 10.5. The third-order valence-corrected chi connectivity index (χ3v) is 4.49. The minimum atomic E-state index is 0.0791. The van der Waals surface area contributed by atoms with Gasteiger partial charge in [0, 0.05) is 13.1 Å². The van der Waals surface area contributed by atoms with Gasteiger partial charge >= 0.3 is 0 Å². The Kier molecular flexibility index (Phi) is 3.81. The molecule has 0 atom stereocenters. The molecule has 1 heterocycles. The highest BCUT2D eigenvalue weighted by Crippen LogP contribution is 2.32. The number of fused-ring (bicyclic) bond motifs is 1. The Balaban J connectivity index is 1.99. The van der Waals surface area contributed by atoms with Crippen LogP contribution in [0, 0.1) is 5.41 Å². The Morgan fingerprint density at radius 2 is 1.86 bits per heavy atom. The molecule has 1 aliphatic rings. The van der Waals surface area contributed by atoms with Crippen LogP contribution >= 0.6 is 0 Å². The van der Waals surface area contributed by atoms with Crippen molar-refractivity contribution in [3.8, 4) is 5.75 Å². The summed E-state index contributed by atoms with van der Waals surface area (Å²) in [6, 6.07) is 12.0. The van der Waals surface area contributed by atoms with Gasteiger partial charge in [-0.25, -0.2) is 0 Å². The van der Waals surface area contributed by atoms with Gasteiger partial charge in [0.05, 0.1) is 12.7 Å². The van der Waals surface area contributed by atoms with Crippen LogP contribution in [-0.4, -0.2) is 31.0 Å². The van der Waals surface area contributed by atoms with Crippen molar-refractivity contribution in [1.82, 2.24) is 4.90 Å². The van der Waals surface area contributed by atoms with Crippen LogP contribution in [0.15, 0.2) is 36.4 Å². The first kappa shape index (κ1) is 14.9. The minimum Gasteiger partial charge on any atom is -0.496 e. The van der Waals surface area contributed by atoms with Gasteiger partial charge in [0.2, 0.25) is 0 Å². The number of nitrogens with zero attached hydrogens (tertiary/aromatic N) is 1. The van der Waals surface area contributed by atoms with Crippen molar-refractivity contribution in [3.63, 3.8) is 0 Å². The van der Waals surface area contributed by atoms with Crippen LogP contribution in [0.1, 0.15) is 37.0 Å². The van der Waals surface area contributed by atoms with Crippen LogP contribution in [-0.2, 0) is 0 Å². The molecule has 1 amide bonds. The van der Waals surface area contributed by atoms with Gasteiger partial charge in [-0.1, -0.05) is 38.1 Å². The van der Waals surface area contributed by atoms with Crippen molar-refractivity contribution in [2.45, 2.75) is 26.7 Å². The Labute approximate surface area is 131 Å². The molecule has 1 aliphatic heterocycles. The second-order valence-electron chi connectivity index (χ2n) is 6.89. The van der Waals surface area contributed by atoms with Crippen LogP contribution < -0.4 is 4.74 Å². The molecule has 2 aromatic rings. The topological polar surface area (TPSA) is 29.5 Å². The Morgan fingerprint density at radius 3 is 2.50 bits per heavy atom. The van der Waals surface area contributed by atoms with Crippen molar-refractivity contribution in [3.05, 3.63) is 42.0 Å². The highest BCUT2D eigenvalue weighted by atomic mass is 16.5. The summed E-state index contributed by atoms with van der Waals surface area (Å²) in [5.41, 5.74) is 0.858. The Bertz CT molecular complexity index is 706. The smallest absolute Gasteiger partial charge is 0.257 e. The lowest BCUT2D eigenvalue weighted by Gasteiger charge is -2.38. The van der Waals surface area contributed by atoms with Crippen LogP contribution in [0.3, 0.4) is 0 Å². The number of hydrogen-bond donors (Lipinski definition) is 0. The number of carbonyl (C=O) groups excluding carboxylic acids is 1. The van der Waals surface area contributed by atoms with E-state index in [2.05, 4.69) is 13.8 Å². The van der Waals surface area contributed by atoms with Gasteiger partial charge in [0.1, 0.15) is 5.75 Å². The summed E-state index contributed by atoms with van der Waals surface area (Å²) < 4.78 is 5.47. The van der Waals surface area contributed by atoms with Crippen LogP contribution in [0.2, 0.25) is 0 Å². The molecule has 22 heavy (non-hydrogen) atoms. The summed E-state index contributed by atoms with van der Waals surface area (Å²) in [5.74, 6) is 0.738. The third-order valence-electron chi connectivity index (χ3n) is 4.49. The predicted octanol–water partition coefficient (Wildman–Crippen LogP) is 4.11. The molecule has 116 valence electrons. The number of hydrogen-bond acceptors (Lipinski definition) is 2. The van der Waals surface area contributed by atoms with Crippen molar-refractivity contribution in [2.24, 2.45) is 5.41 Å².